The third-order valence-corrected chi connectivity index (χ3v) is 5.23. The van der Waals surface area contributed by atoms with Crippen molar-refractivity contribution in [2.24, 2.45) is 0 Å². The maximum atomic E-state index is 14.3. The summed E-state index contributed by atoms with van der Waals surface area (Å²) < 4.78 is 19.3. The van der Waals surface area contributed by atoms with Gasteiger partial charge in [-0.15, -0.1) is 0 Å². The summed E-state index contributed by atoms with van der Waals surface area (Å²) in [5, 5.41) is 5.99. The Morgan fingerprint density at radius 2 is 1.71 bits per heavy atom. The van der Waals surface area contributed by atoms with Crippen LogP contribution in [-0.2, 0) is 17.6 Å². The Hall–Kier alpha value is -4.01. The zero-order valence-corrected chi connectivity index (χ0v) is 16.4. The van der Waals surface area contributed by atoms with E-state index >= 15 is 0 Å². The monoisotopic (exact) mass is 419 g/mol. The van der Waals surface area contributed by atoms with E-state index in [0.717, 1.165) is 23.9 Å². The van der Waals surface area contributed by atoms with Crippen LogP contribution in [0.2, 0.25) is 0 Å². The van der Waals surface area contributed by atoms with Crippen molar-refractivity contribution in [3.63, 3.8) is 0 Å². The van der Waals surface area contributed by atoms with E-state index in [9.17, 15) is 14.0 Å². The number of H-pyrrole nitrogens is 1. The molecule has 2 aromatic heterocycles. The van der Waals surface area contributed by atoms with Crippen LogP contribution in [0.5, 0.6) is 0 Å². The lowest BCUT2D eigenvalue weighted by molar-refractivity contribution is -0.118. The minimum absolute atomic E-state index is 0.0111. The number of anilines is 4. The van der Waals surface area contributed by atoms with Crippen LogP contribution in [0.15, 0.2) is 51.8 Å². The largest absolute Gasteiger partial charge is 0.417 e. The highest BCUT2D eigenvalue weighted by molar-refractivity contribution is 5.80. The molecule has 9 heteroatoms. The standard InChI is InChI=1S/C22H18FN5O3/c23-17-11-24-21(26-14-4-1-12-2-6-16(29)7-3-13(12)9-14)28-20(17)25-15-5-8-19-18(10-15)27-22(30)31-19/h1,4-5,8-11H,2-3,6-7H2,(H,27,30)(H2,24,25,26,28). The number of oxazole rings is 1. The van der Waals surface area contributed by atoms with E-state index in [-0.39, 0.29) is 17.5 Å². The maximum Gasteiger partial charge on any atom is 0.417 e. The number of nitrogens with zero attached hydrogens (tertiary/aromatic N) is 2. The van der Waals surface area contributed by atoms with Gasteiger partial charge in [0, 0.05) is 24.2 Å². The van der Waals surface area contributed by atoms with Crippen LogP contribution in [0.1, 0.15) is 24.0 Å². The van der Waals surface area contributed by atoms with E-state index < -0.39 is 11.6 Å². The van der Waals surface area contributed by atoms with Gasteiger partial charge in [0.15, 0.2) is 17.2 Å². The molecule has 0 bridgehead atoms. The summed E-state index contributed by atoms with van der Waals surface area (Å²) in [5.41, 5.74) is 4.49. The van der Waals surface area contributed by atoms with Crippen molar-refractivity contribution in [3.8, 4) is 0 Å². The second-order valence-corrected chi connectivity index (χ2v) is 7.39. The molecule has 2 aromatic carbocycles. The van der Waals surface area contributed by atoms with Crippen LogP contribution in [0.4, 0.5) is 27.5 Å². The molecule has 0 unspecified atom stereocenters. The molecule has 0 saturated carbocycles. The second-order valence-electron chi connectivity index (χ2n) is 7.39. The van der Waals surface area contributed by atoms with E-state index in [1.165, 1.54) is 5.56 Å². The van der Waals surface area contributed by atoms with E-state index in [0.29, 0.717) is 36.0 Å². The van der Waals surface area contributed by atoms with Gasteiger partial charge in [0.05, 0.1) is 11.7 Å². The smallest absolute Gasteiger partial charge is 0.408 e. The fraction of sp³-hybridized carbons (Fsp3) is 0.182. The number of carbonyl (C=O) groups excluding carboxylic acids is 1. The highest BCUT2D eigenvalue weighted by Gasteiger charge is 2.14. The Morgan fingerprint density at radius 1 is 0.935 bits per heavy atom. The molecule has 0 saturated heterocycles. The number of halogens is 1. The van der Waals surface area contributed by atoms with Gasteiger partial charge in [-0.05, 0) is 54.3 Å². The first-order valence-electron chi connectivity index (χ1n) is 9.86. The van der Waals surface area contributed by atoms with Crippen LogP contribution < -0.4 is 16.4 Å². The number of Topliss-reactive ketones (excluding diaryl/α,β-unsaturated/α-hetero) is 1. The summed E-state index contributed by atoms with van der Waals surface area (Å²) in [4.78, 5) is 33.8. The molecule has 156 valence electrons. The fourth-order valence-electron chi connectivity index (χ4n) is 3.66. The van der Waals surface area contributed by atoms with Gasteiger partial charge >= 0.3 is 5.76 Å². The number of hydrogen-bond donors (Lipinski definition) is 3. The first-order chi connectivity index (χ1) is 15.0. The number of ketones is 1. The minimum Gasteiger partial charge on any atom is -0.408 e. The van der Waals surface area contributed by atoms with Gasteiger partial charge in [-0.3, -0.25) is 9.78 Å². The predicted molar refractivity (Wildman–Crippen MR) is 113 cm³/mol. The number of carbonyl (C=O) groups is 1. The molecule has 31 heavy (non-hydrogen) atoms. The topological polar surface area (TPSA) is 113 Å². The Labute approximate surface area is 175 Å². The van der Waals surface area contributed by atoms with Gasteiger partial charge in [-0.25, -0.2) is 14.2 Å². The lowest BCUT2D eigenvalue weighted by atomic mass is 10.0. The molecule has 1 aliphatic carbocycles. The highest BCUT2D eigenvalue weighted by atomic mass is 19.1. The van der Waals surface area contributed by atoms with Gasteiger partial charge in [-0.2, -0.15) is 4.98 Å². The molecular formula is C22H18FN5O3. The average molecular weight is 419 g/mol. The molecule has 4 aromatic rings. The average Bonchev–Trinajstić information content (AvgIpc) is 3.02. The van der Waals surface area contributed by atoms with Gasteiger partial charge in [0.1, 0.15) is 5.78 Å². The molecule has 8 nitrogen and oxygen atoms in total. The number of rotatable bonds is 4. The Balaban J connectivity index is 1.38. The van der Waals surface area contributed by atoms with E-state index in [2.05, 4.69) is 25.6 Å². The van der Waals surface area contributed by atoms with Gasteiger partial charge < -0.3 is 15.1 Å². The predicted octanol–water partition coefficient (Wildman–Crippen LogP) is 3.99. The molecule has 0 aliphatic heterocycles. The maximum absolute atomic E-state index is 14.3. The normalized spacial score (nSPS) is 13.6. The van der Waals surface area contributed by atoms with Crippen molar-refractivity contribution in [1.29, 1.82) is 0 Å². The van der Waals surface area contributed by atoms with Crippen LogP contribution >= 0.6 is 0 Å². The molecule has 2 heterocycles. The zero-order valence-electron chi connectivity index (χ0n) is 16.4. The molecule has 3 N–H and O–H groups in total. The van der Waals surface area contributed by atoms with Gasteiger partial charge in [-0.1, -0.05) is 6.07 Å². The van der Waals surface area contributed by atoms with E-state index in [1.807, 2.05) is 18.2 Å². The van der Waals surface area contributed by atoms with Gasteiger partial charge in [0.25, 0.3) is 0 Å². The van der Waals surface area contributed by atoms with Crippen molar-refractivity contribution >= 4 is 40.0 Å². The number of aryl methyl sites for hydroxylation is 2. The van der Waals surface area contributed by atoms with Crippen LogP contribution in [-0.4, -0.2) is 20.7 Å². The molecule has 0 radical (unpaired) electrons. The SMILES string of the molecule is O=C1CCc2ccc(Nc3ncc(F)c(Nc4ccc5oc(=O)[nH]c5c4)n3)cc2CC1. The lowest BCUT2D eigenvalue weighted by Gasteiger charge is -2.11. The summed E-state index contributed by atoms with van der Waals surface area (Å²) in [6, 6.07) is 10.8. The van der Waals surface area contributed by atoms with E-state index in [1.54, 1.807) is 18.2 Å². The Bertz CT molecular complexity index is 1360. The van der Waals surface area contributed by atoms with Crippen molar-refractivity contribution in [3.05, 3.63) is 70.1 Å². The second kappa shape index (κ2) is 7.67. The zero-order chi connectivity index (χ0) is 21.4. The molecule has 0 fully saturated rings. The number of hydrogen-bond acceptors (Lipinski definition) is 7. The third-order valence-electron chi connectivity index (χ3n) is 5.23. The molecule has 0 amide bonds. The van der Waals surface area contributed by atoms with E-state index in [4.69, 9.17) is 4.42 Å². The number of nitrogens with one attached hydrogen (secondary N) is 3. The molecular weight excluding hydrogens is 401 g/mol. The van der Waals surface area contributed by atoms with Crippen LogP contribution in [0.3, 0.4) is 0 Å². The Kier molecular flexibility index (Phi) is 4.70. The van der Waals surface area contributed by atoms with Crippen molar-refractivity contribution in [1.82, 2.24) is 15.0 Å². The summed E-state index contributed by atoms with van der Waals surface area (Å²) in [7, 11) is 0. The van der Waals surface area contributed by atoms with Gasteiger partial charge in [0.2, 0.25) is 5.95 Å². The van der Waals surface area contributed by atoms with Crippen molar-refractivity contribution < 1.29 is 13.6 Å². The number of aromatic amines is 1. The number of benzene rings is 2. The van der Waals surface area contributed by atoms with Crippen molar-refractivity contribution in [2.75, 3.05) is 10.6 Å². The number of fused-ring (bicyclic) bond motifs is 2. The summed E-state index contributed by atoms with van der Waals surface area (Å²) in [6.45, 7) is 0. The highest BCUT2D eigenvalue weighted by Crippen LogP contribution is 2.26. The number of aromatic nitrogens is 3. The molecule has 5 rings (SSSR count). The van der Waals surface area contributed by atoms with Crippen LogP contribution in [0.25, 0.3) is 11.1 Å². The quantitative estimate of drug-likeness (QED) is 0.429. The Morgan fingerprint density at radius 3 is 2.58 bits per heavy atom. The molecule has 0 atom stereocenters. The summed E-state index contributed by atoms with van der Waals surface area (Å²) >= 11 is 0. The molecule has 1 aliphatic rings. The van der Waals surface area contributed by atoms with Crippen molar-refractivity contribution in [2.45, 2.75) is 25.7 Å². The summed E-state index contributed by atoms with van der Waals surface area (Å²) in [6.07, 6.45) is 3.66. The third kappa shape index (κ3) is 4.02. The minimum atomic E-state index is -0.619. The first kappa shape index (κ1) is 19.0. The summed E-state index contributed by atoms with van der Waals surface area (Å²) in [5.74, 6) is -0.681. The lowest BCUT2D eigenvalue weighted by Crippen LogP contribution is -2.04. The van der Waals surface area contributed by atoms with Crippen LogP contribution in [0, 0.1) is 5.82 Å². The molecule has 0 spiro atoms. The first-order valence-corrected chi connectivity index (χ1v) is 9.86. The fourth-order valence-corrected chi connectivity index (χ4v) is 3.66.